The normalized spacial score (nSPS) is 13.3. The molecule has 1 aliphatic rings. The van der Waals surface area contributed by atoms with Gasteiger partial charge in [-0.3, -0.25) is 9.79 Å². The van der Waals surface area contributed by atoms with Gasteiger partial charge < -0.3 is 20.3 Å². The fraction of sp³-hybridized carbons (Fsp3) is 0.429. The van der Waals surface area contributed by atoms with Crippen molar-refractivity contribution in [1.82, 2.24) is 15.5 Å². The molecule has 1 amide bonds. The molecule has 2 aromatic rings. The predicted molar refractivity (Wildman–Crippen MR) is 129 cm³/mol. The van der Waals surface area contributed by atoms with Gasteiger partial charge >= 0.3 is 0 Å². The monoisotopic (exact) mass is 528 g/mol. The summed E-state index contributed by atoms with van der Waals surface area (Å²) >= 11 is 1.79. The quantitative estimate of drug-likeness (QED) is 0.239. The van der Waals surface area contributed by atoms with Gasteiger partial charge in [0.1, 0.15) is 5.75 Å². The number of rotatable bonds is 8. The second-order valence-corrected chi connectivity index (χ2v) is 7.63. The van der Waals surface area contributed by atoms with Gasteiger partial charge in [-0.05, 0) is 42.0 Å². The molecule has 2 heterocycles. The lowest BCUT2D eigenvalue weighted by Gasteiger charge is -2.27. The van der Waals surface area contributed by atoms with Crippen molar-refractivity contribution in [3.63, 3.8) is 0 Å². The Kier molecular flexibility index (Phi) is 10.3. The second-order valence-electron chi connectivity index (χ2n) is 6.63. The van der Waals surface area contributed by atoms with Gasteiger partial charge in [0.2, 0.25) is 5.91 Å². The zero-order valence-corrected chi connectivity index (χ0v) is 19.9. The average molecular weight is 528 g/mol. The molecule has 0 aliphatic carbocycles. The minimum absolute atomic E-state index is 0. The van der Waals surface area contributed by atoms with Crippen LogP contribution >= 0.6 is 35.3 Å². The first-order valence-electron chi connectivity index (χ1n) is 9.71. The van der Waals surface area contributed by atoms with Gasteiger partial charge in [-0.25, -0.2) is 0 Å². The molecule has 0 saturated carbocycles. The molecule has 158 valence electrons. The molecule has 0 atom stereocenters. The van der Waals surface area contributed by atoms with E-state index in [1.54, 1.807) is 18.4 Å². The topological polar surface area (TPSA) is 66.0 Å². The lowest BCUT2D eigenvalue weighted by Crippen LogP contribution is -2.41. The van der Waals surface area contributed by atoms with E-state index in [9.17, 15) is 4.79 Å². The SMILES string of the molecule is CN=C(NCCCOc1ccccc1)NCCC(=O)N1CCc2sccc2C1.I. The van der Waals surface area contributed by atoms with Crippen LogP contribution in [0.2, 0.25) is 0 Å². The number of hydrogen-bond donors (Lipinski definition) is 2. The van der Waals surface area contributed by atoms with Crippen LogP contribution in [0, 0.1) is 0 Å². The van der Waals surface area contributed by atoms with Crippen LogP contribution in [0.3, 0.4) is 0 Å². The van der Waals surface area contributed by atoms with Crippen LogP contribution in [-0.2, 0) is 17.8 Å². The van der Waals surface area contributed by atoms with Crippen molar-refractivity contribution < 1.29 is 9.53 Å². The molecule has 0 spiro atoms. The van der Waals surface area contributed by atoms with E-state index in [0.717, 1.165) is 38.2 Å². The van der Waals surface area contributed by atoms with E-state index in [2.05, 4.69) is 27.1 Å². The highest BCUT2D eigenvalue weighted by molar-refractivity contribution is 14.0. The van der Waals surface area contributed by atoms with Crippen molar-refractivity contribution in [2.75, 3.05) is 33.3 Å². The zero-order chi connectivity index (χ0) is 19.6. The highest BCUT2D eigenvalue weighted by atomic mass is 127. The van der Waals surface area contributed by atoms with Gasteiger partial charge in [0, 0.05) is 44.5 Å². The predicted octanol–water partition coefficient (Wildman–Crippen LogP) is 3.28. The average Bonchev–Trinajstić information content (AvgIpc) is 3.20. The standard InChI is InChI=1S/C21H28N4O2S.HI/c1-22-21(23-11-5-14-27-18-6-3-2-4-7-18)24-12-8-20(26)25-13-9-19-17(16-25)10-15-28-19;/h2-4,6-7,10,15H,5,8-9,11-14,16H2,1H3,(H2,22,23,24);1H. The number of halogens is 1. The van der Waals surface area contributed by atoms with Gasteiger partial charge in [-0.15, -0.1) is 35.3 Å². The summed E-state index contributed by atoms with van der Waals surface area (Å²) in [6.45, 7) is 3.54. The summed E-state index contributed by atoms with van der Waals surface area (Å²) in [5.41, 5.74) is 1.30. The Bertz CT molecular complexity index is 782. The Morgan fingerprint density at radius 2 is 2.00 bits per heavy atom. The fourth-order valence-corrected chi connectivity index (χ4v) is 4.00. The minimum atomic E-state index is 0. The molecule has 2 N–H and O–H groups in total. The molecule has 8 heteroatoms. The largest absolute Gasteiger partial charge is 0.494 e. The summed E-state index contributed by atoms with van der Waals surface area (Å²) in [5.74, 6) is 1.79. The Labute approximate surface area is 193 Å². The number of ether oxygens (including phenoxy) is 1. The summed E-state index contributed by atoms with van der Waals surface area (Å²) in [5, 5.41) is 8.58. The van der Waals surface area contributed by atoms with Crippen molar-refractivity contribution in [2.24, 2.45) is 4.99 Å². The minimum Gasteiger partial charge on any atom is -0.494 e. The fourth-order valence-electron chi connectivity index (χ4n) is 3.11. The summed E-state index contributed by atoms with van der Waals surface area (Å²) in [6.07, 6.45) is 2.31. The third kappa shape index (κ3) is 7.50. The van der Waals surface area contributed by atoms with Crippen molar-refractivity contribution in [3.8, 4) is 5.75 Å². The Morgan fingerprint density at radius 3 is 2.79 bits per heavy atom. The molecule has 0 fully saturated rings. The van der Waals surface area contributed by atoms with Crippen LogP contribution in [0.1, 0.15) is 23.3 Å². The van der Waals surface area contributed by atoms with Gasteiger partial charge in [-0.2, -0.15) is 0 Å². The number of aliphatic imine (C=N–C) groups is 1. The summed E-state index contributed by atoms with van der Waals surface area (Å²) in [4.78, 5) is 20.0. The van der Waals surface area contributed by atoms with Crippen LogP contribution in [0.25, 0.3) is 0 Å². The molecule has 1 aromatic heterocycles. The zero-order valence-electron chi connectivity index (χ0n) is 16.7. The van der Waals surface area contributed by atoms with E-state index in [1.165, 1.54) is 10.4 Å². The lowest BCUT2D eigenvalue weighted by atomic mass is 10.1. The number of guanidine groups is 1. The number of amides is 1. The molecule has 6 nitrogen and oxygen atoms in total. The van der Waals surface area contributed by atoms with Crippen LogP contribution in [0.5, 0.6) is 5.75 Å². The Hall–Kier alpha value is -1.81. The number of nitrogens with zero attached hydrogens (tertiary/aromatic N) is 2. The number of para-hydroxylation sites is 1. The van der Waals surface area contributed by atoms with Crippen LogP contribution in [0.15, 0.2) is 46.8 Å². The van der Waals surface area contributed by atoms with E-state index in [1.807, 2.05) is 35.2 Å². The van der Waals surface area contributed by atoms with Gasteiger partial charge in [-0.1, -0.05) is 18.2 Å². The van der Waals surface area contributed by atoms with Gasteiger partial charge in [0.25, 0.3) is 0 Å². The lowest BCUT2D eigenvalue weighted by molar-refractivity contribution is -0.131. The number of thiophene rings is 1. The number of benzene rings is 1. The van der Waals surface area contributed by atoms with E-state index in [0.29, 0.717) is 25.5 Å². The molecule has 3 rings (SSSR count). The maximum Gasteiger partial charge on any atom is 0.224 e. The molecule has 0 unspecified atom stereocenters. The number of carbonyl (C=O) groups is 1. The second kappa shape index (κ2) is 12.7. The highest BCUT2D eigenvalue weighted by Gasteiger charge is 2.20. The van der Waals surface area contributed by atoms with E-state index < -0.39 is 0 Å². The first kappa shape index (κ1) is 23.5. The van der Waals surface area contributed by atoms with Crippen LogP contribution in [-0.4, -0.2) is 50.1 Å². The van der Waals surface area contributed by atoms with E-state index in [-0.39, 0.29) is 29.9 Å². The summed E-state index contributed by atoms with van der Waals surface area (Å²) in [6, 6.07) is 11.9. The summed E-state index contributed by atoms with van der Waals surface area (Å²) < 4.78 is 5.67. The molecular formula is C21H29IN4O2S. The van der Waals surface area contributed by atoms with Crippen LogP contribution in [0.4, 0.5) is 0 Å². The maximum atomic E-state index is 12.4. The van der Waals surface area contributed by atoms with Gasteiger partial charge in [0.05, 0.1) is 6.61 Å². The van der Waals surface area contributed by atoms with Crippen molar-refractivity contribution in [2.45, 2.75) is 25.8 Å². The summed E-state index contributed by atoms with van der Waals surface area (Å²) in [7, 11) is 1.74. The molecule has 29 heavy (non-hydrogen) atoms. The first-order chi connectivity index (χ1) is 13.8. The Balaban J connectivity index is 0.00000300. The Morgan fingerprint density at radius 1 is 1.21 bits per heavy atom. The molecule has 0 radical (unpaired) electrons. The molecule has 0 saturated heterocycles. The number of hydrogen-bond acceptors (Lipinski definition) is 4. The highest BCUT2D eigenvalue weighted by Crippen LogP contribution is 2.24. The molecule has 1 aliphatic heterocycles. The van der Waals surface area contributed by atoms with Crippen molar-refractivity contribution in [1.29, 1.82) is 0 Å². The smallest absolute Gasteiger partial charge is 0.224 e. The number of carbonyl (C=O) groups excluding carboxylic acids is 1. The third-order valence-corrected chi connectivity index (χ3v) is 5.66. The van der Waals surface area contributed by atoms with Crippen molar-refractivity contribution >= 4 is 47.2 Å². The third-order valence-electron chi connectivity index (χ3n) is 4.64. The van der Waals surface area contributed by atoms with Crippen LogP contribution < -0.4 is 15.4 Å². The molecule has 0 bridgehead atoms. The molecular weight excluding hydrogens is 499 g/mol. The number of nitrogens with one attached hydrogen (secondary N) is 2. The van der Waals surface area contributed by atoms with E-state index in [4.69, 9.17) is 4.74 Å². The maximum absolute atomic E-state index is 12.4. The van der Waals surface area contributed by atoms with Crippen molar-refractivity contribution in [3.05, 3.63) is 52.2 Å². The molecule has 1 aromatic carbocycles. The first-order valence-corrected chi connectivity index (χ1v) is 10.6. The number of fused-ring (bicyclic) bond motifs is 1. The van der Waals surface area contributed by atoms with Gasteiger partial charge in [0.15, 0.2) is 5.96 Å². The van der Waals surface area contributed by atoms with E-state index >= 15 is 0 Å².